The highest BCUT2D eigenvalue weighted by molar-refractivity contribution is 6.34. The molecular formula is C31H33ClN8O. The van der Waals surface area contributed by atoms with Crippen molar-refractivity contribution in [2.24, 2.45) is 9.98 Å². The van der Waals surface area contributed by atoms with E-state index in [4.69, 9.17) is 16.6 Å². The highest BCUT2D eigenvalue weighted by atomic mass is 35.5. The van der Waals surface area contributed by atoms with Crippen molar-refractivity contribution in [2.75, 3.05) is 29.9 Å². The lowest BCUT2D eigenvalue weighted by Crippen LogP contribution is -2.54. The first kappa shape index (κ1) is 27.1. The zero-order valence-corrected chi connectivity index (χ0v) is 24.4. The van der Waals surface area contributed by atoms with Gasteiger partial charge in [-0.1, -0.05) is 23.7 Å². The summed E-state index contributed by atoms with van der Waals surface area (Å²) in [6.45, 7) is 11.3. The summed E-state index contributed by atoms with van der Waals surface area (Å²) in [6.07, 6.45) is 1.74. The van der Waals surface area contributed by atoms with Crippen LogP contribution in [0.4, 0.5) is 17.3 Å². The van der Waals surface area contributed by atoms with Crippen LogP contribution in [0.1, 0.15) is 33.3 Å². The van der Waals surface area contributed by atoms with Gasteiger partial charge in [0.2, 0.25) is 5.95 Å². The quantitative estimate of drug-likeness (QED) is 0.328. The molecular weight excluding hydrogens is 536 g/mol. The summed E-state index contributed by atoms with van der Waals surface area (Å²) < 4.78 is 1.66. The van der Waals surface area contributed by atoms with E-state index in [1.165, 1.54) is 5.69 Å². The average molecular weight is 569 g/mol. The summed E-state index contributed by atoms with van der Waals surface area (Å²) >= 11 is 6.69. The molecule has 6 rings (SSSR count). The van der Waals surface area contributed by atoms with Crippen molar-refractivity contribution in [3.63, 3.8) is 0 Å². The van der Waals surface area contributed by atoms with E-state index in [9.17, 15) is 4.79 Å². The van der Waals surface area contributed by atoms with Gasteiger partial charge in [-0.15, -0.1) is 0 Å². The van der Waals surface area contributed by atoms with Crippen LogP contribution in [0.5, 0.6) is 0 Å². The van der Waals surface area contributed by atoms with Gasteiger partial charge in [0.25, 0.3) is 5.56 Å². The molecule has 1 saturated heterocycles. The minimum Gasteiger partial charge on any atom is -0.368 e. The fraction of sp³-hybridized carbons (Fsp3) is 0.323. The van der Waals surface area contributed by atoms with Crippen LogP contribution in [-0.4, -0.2) is 57.8 Å². The molecule has 1 fully saturated rings. The second-order valence-corrected chi connectivity index (χ2v) is 11.2. The molecule has 2 atom stereocenters. The van der Waals surface area contributed by atoms with Crippen molar-refractivity contribution in [2.45, 2.75) is 46.3 Å². The van der Waals surface area contributed by atoms with Crippen LogP contribution < -0.4 is 21.1 Å². The third-order valence-electron chi connectivity index (χ3n) is 7.46. The summed E-state index contributed by atoms with van der Waals surface area (Å²) in [7, 11) is 0. The number of aliphatic imine (C=N–C) groups is 2. The Labute approximate surface area is 244 Å². The SMILES string of the molecule is CCn1c(=O)c(-c2ccc(C3=NCC(C)=N3)cc2Cl)cc2cnc(Nc3ccc(N4CC(C)NC(C)C4)cc3)nc21. The highest BCUT2D eigenvalue weighted by Crippen LogP contribution is 2.30. The Hall–Kier alpha value is -4.08. The van der Waals surface area contributed by atoms with Crippen molar-refractivity contribution in [3.05, 3.63) is 75.7 Å². The van der Waals surface area contributed by atoms with E-state index in [-0.39, 0.29) is 5.56 Å². The van der Waals surface area contributed by atoms with Gasteiger partial charge in [-0.25, -0.2) is 9.98 Å². The van der Waals surface area contributed by atoms with Gasteiger partial charge in [0, 0.05) is 82.1 Å². The standard InChI is InChI=1S/C31H33ClN8O/c1-5-40-29-22(12-26(30(40)41)25-11-6-21(13-27(25)32)28-33-14-18(2)36-28)15-34-31(38-29)37-23-7-9-24(10-8-23)39-16-19(3)35-20(4)17-39/h6-13,15,19-20,35H,5,14,16-17H2,1-4H3,(H,34,37,38). The van der Waals surface area contributed by atoms with Gasteiger partial charge in [0.05, 0.1) is 6.54 Å². The van der Waals surface area contributed by atoms with Gasteiger partial charge in [-0.05, 0) is 64.1 Å². The largest absolute Gasteiger partial charge is 0.368 e. The van der Waals surface area contributed by atoms with Crippen LogP contribution >= 0.6 is 11.6 Å². The highest BCUT2D eigenvalue weighted by Gasteiger charge is 2.21. The van der Waals surface area contributed by atoms with Crippen LogP contribution in [0.2, 0.25) is 5.02 Å². The Kier molecular flexibility index (Phi) is 7.32. The molecule has 2 N–H and O–H groups in total. The number of hydrogen-bond donors (Lipinski definition) is 2. The van der Waals surface area contributed by atoms with Gasteiger partial charge in [-0.3, -0.25) is 14.4 Å². The van der Waals surface area contributed by atoms with Gasteiger partial charge in [0.15, 0.2) is 5.84 Å². The number of pyridine rings is 1. The van der Waals surface area contributed by atoms with Crippen LogP contribution in [0.15, 0.2) is 69.5 Å². The number of aryl methyl sites for hydroxylation is 1. The molecule has 0 radical (unpaired) electrons. The number of nitrogens with zero attached hydrogens (tertiary/aromatic N) is 6. The Balaban J connectivity index is 1.28. The number of hydrogen-bond acceptors (Lipinski definition) is 8. The molecule has 10 heteroatoms. The van der Waals surface area contributed by atoms with Gasteiger partial charge in [-0.2, -0.15) is 4.98 Å². The first-order chi connectivity index (χ1) is 19.8. The first-order valence-corrected chi connectivity index (χ1v) is 14.3. The molecule has 2 aliphatic rings. The Morgan fingerprint density at radius 1 is 1.05 bits per heavy atom. The lowest BCUT2D eigenvalue weighted by atomic mass is 10.0. The number of piperazine rings is 1. The molecule has 4 aromatic rings. The molecule has 9 nitrogen and oxygen atoms in total. The lowest BCUT2D eigenvalue weighted by Gasteiger charge is -2.37. The molecule has 41 heavy (non-hydrogen) atoms. The van der Waals surface area contributed by atoms with E-state index in [2.05, 4.69) is 56.5 Å². The zero-order valence-electron chi connectivity index (χ0n) is 23.6. The molecule has 0 saturated carbocycles. The summed E-state index contributed by atoms with van der Waals surface area (Å²) in [4.78, 5) is 34.2. The number of fused-ring (bicyclic) bond motifs is 1. The smallest absolute Gasteiger partial charge is 0.260 e. The summed E-state index contributed by atoms with van der Waals surface area (Å²) in [5.41, 5.74) is 5.42. The predicted molar refractivity (Wildman–Crippen MR) is 168 cm³/mol. The van der Waals surface area contributed by atoms with Gasteiger partial charge >= 0.3 is 0 Å². The Bertz CT molecular complexity index is 1730. The fourth-order valence-electron chi connectivity index (χ4n) is 5.60. The number of halogens is 1. The third-order valence-corrected chi connectivity index (χ3v) is 7.77. The van der Waals surface area contributed by atoms with Crippen molar-refractivity contribution in [1.29, 1.82) is 0 Å². The molecule has 2 aromatic carbocycles. The number of anilines is 3. The van der Waals surface area contributed by atoms with Crippen LogP contribution in [-0.2, 0) is 6.54 Å². The molecule has 4 heterocycles. The van der Waals surface area contributed by atoms with E-state index < -0.39 is 0 Å². The molecule has 210 valence electrons. The number of benzene rings is 2. The third kappa shape index (κ3) is 5.47. The van der Waals surface area contributed by atoms with Crippen LogP contribution in [0.25, 0.3) is 22.2 Å². The minimum absolute atomic E-state index is 0.157. The molecule has 0 aliphatic carbocycles. The molecule has 0 bridgehead atoms. The molecule has 0 spiro atoms. The maximum Gasteiger partial charge on any atom is 0.260 e. The normalized spacial score (nSPS) is 18.9. The van der Waals surface area contributed by atoms with E-state index in [0.717, 1.165) is 35.4 Å². The van der Waals surface area contributed by atoms with Crippen molar-refractivity contribution in [1.82, 2.24) is 19.9 Å². The number of nitrogens with one attached hydrogen (secondary N) is 2. The number of aromatic nitrogens is 3. The molecule has 2 unspecified atom stereocenters. The topological polar surface area (TPSA) is 99.8 Å². The van der Waals surface area contributed by atoms with Crippen LogP contribution in [0, 0.1) is 0 Å². The Morgan fingerprint density at radius 2 is 1.80 bits per heavy atom. The predicted octanol–water partition coefficient (Wildman–Crippen LogP) is 5.28. The maximum atomic E-state index is 13.6. The summed E-state index contributed by atoms with van der Waals surface area (Å²) in [5, 5.41) is 8.09. The molecule has 0 amide bonds. The Morgan fingerprint density at radius 3 is 2.46 bits per heavy atom. The summed E-state index contributed by atoms with van der Waals surface area (Å²) in [5.74, 6) is 1.09. The summed E-state index contributed by atoms with van der Waals surface area (Å²) in [6, 6.07) is 16.6. The monoisotopic (exact) mass is 568 g/mol. The number of rotatable bonds is 6. The second kappa shape index (κ2) is 11.1. The minimum atomic E-state index is -0.157. The number of amidine groups is 1. The van der Waals surface area contributed by atoms with E-state index in [0.29, 0.717) is 58.8 Å². The van der Waals surface area contributed by atoms with Crippen molar-refractivity contribution in [3.8, 4) is 11.1 Å². The maximum absolute atomic E-state index is 13.6. The van der Waals surface area contributed by atoms with Gasteiger partial charge in [0.1, 0.15) is 5.65 Å². The zero-order chi connectivity index (χ0) is 28.7. The molecule has 2 aliphatic heterocycles. The van der Waals surface area contributed by atoms with Crippen molar-refractivity contribution < 1.29 is 0 Å². The van der Waals surface area contributed by atoms with Crippen LogP contribution in [0.3, 0.4) is 0 Å². The average Bonchev–Trinajstić information content (AvgIpc) is 3.39. The lowest BCUT2D eigenvalue weighted by molar-refractivity contribution is 0.407. The van der Waals surface area contributed by atoms with Gasteiger partial charge < -0.3 is 15.5 Å². The second-order valence-electron chi connectivity index (χ2n) is 10.8. The molecule has 2 aromatic heterocycles. The van der Waals surface area contributed by atoms with Crippen molar-refractivity contribution >= 4 is 51.5 Å². The van der Waals surface area contributed by atoms with E-state index in [1.54, 1.807) is 10.8 Å². The first-order valence-electron chi connectivity index (χ1n) is 14.0. The van der Waals surface area contributed by atoms with E-state index in [1.807, 2.05) is 50.2 Å². The van der Waals surface area contributed by atoms with E-state index >= 15 is 0 Å². The fourth-order valence-corrected chi connectivity index (χ4v) is 5.88.